The van der Waals surface area contributed by atoms with Gasteiger partial charge in [-0.1, -0.05) is 24.3 Å². The molecule has 5 nitrogen and oxygen atoms in total. The van der Waals surface area contributed by atoms with Gasteiger partial charge in [0, 0.05) is 17.4 Å². The summed E-state index contributed by atoms with van der Waals surface area (Å²) < 4.78 is 1.71. The van der Waals surface area contributed by atoms with Gasteiger partial charge in [-0.15, -0.1) is 0 Å². The number of imidazole rings is 1. The molecule has 1 aromatic heterocycles. The highest BCUT2D eigenvalue weighted by molar-refractivity contribution is 6.03. The van der Waals surface area contributed by atoms with Crippen molar-refractivity contribution in [2.75, 3.05) is 5.32 Å². The molecule has 0 bridgehead atoms. The molecule has 21 heavy (non-hydrogen) atoms. The van der Waals surface area contributed by atoms with Crippen LogP contribution in [0, 0.1) is 0 Å². The summed E-state index contributed by atoms with van der Waals surface area (Å²) in [5.41, 5.74) is 1.81. The number of carbonyl (C=O) groups excluding carboxylic acids is 1. The summed E-state index contributed by atoms with van der Waals surface area (Å²) in [6.07, 6.45) is 3.10. The number of phenols is 1. The standard InChI is InChI=1S/C16H13N3O2/c20-14-8-4-5-12(9-14)18-16(21)15-10-17-11-19(15)13-6-2-1-3-7-13/h1-11,20H,(H,18,21). The van der Waals surface area contributed by atoms with Crippen molar-refractivity contribution in [2.45, 2.75) is 0 Å². The highest BCUT2D eigenvalue weighted by Gasteiger charge is 2.13. The minimum absolute atomic E-state index is 0.101. The zero-order valence-corrected chi connectivity index (χ0v) is 11.1. The van der Waals surface area contributed by atoms with E-state index < -0.39 is 0 Å². The number of carbonyl (C=O) groups is 1. The average Bonchev–Trinajstić information content (AvgIpc) is 2.98. The van der Waals surface area contributed by atoms with Crippen LogP contribution in [0.25, 0.3) is 5.69 Å². The highest BCUT2D eigenvalue weighted by atomic mass is 16.3. The van der Waals surface area contributed by atoms with Crippen molar-refractivity contribution < 1.29 is 9.90 Å². The van der Waals surface area contributed by atoms with Gasteiger partial charge in [-0.05, 0) is 24.3 Å². The molecule has 104 valence electrons. The molecule has 0 fully saturated rings. The van der Waals surface area contributed by atoms with Crippen LogP contribution in [0.15, 0.2) is 67.1 Å². The molecular formula is C16H13N3O2. The lowest BCUT2D eigenvalue weighted by atomic mass is 10.3. The third kappa shape index (κ3) is 2.76. The van der Waals surface area contributed by atoms with Gasteiger partial charge in [0.05, 0.1) is 12.5 Å². The number of para-hydroxylation sites is 1. The van der Waals surface area contributed by atoms with E-state index in [4.69, 9.17) is 0 Å². The number of rotatable bonds is 3. The third-order valence-corrected chi connectivity index (χ3v) is 3.01. The maximum absolute atomic E-state index is 12.3. The minimum atomic E-state index is -0.290. The number of anilines is 1. The van der Waals surface area contributed by atoms with Gasteiger partial charge in [0.25, 0.3) is 5.91 Å². The van der Waals surface area contributed by atoms with Gasteiger partial charge in [-0.2, -0.15) is 0 Å². The lowest BCUT2D eigenvalue weighted by molar-refractivity contribution is 0.102. The molecule has 3 rings (SSSR count). The van der Waals surface area contributed by atoms with Crippen molar-refractivity contribution in [3.63, 3.8) is 0 Å². The zero-order valence-electron chi connectivity index (χ0n) is 11.1. The fourth-order valence-electron chi connectivity index (χ4n) is 2.04. The number of nitrogens with zero attached hydrogens (tertiary/aromatic N) is 2. The first-order valence-electron chi connectivity index (χ1n) is 6.42. The Morgan fingerprint density at radius 2 is 1.90 bits per heavy atom. The Morgan fingerprint density at radius 1 is 1.10 bits per heavy atom. The van der Waals surface area contributed by atoms with Crippen LogP contribution < -0.4 is 5.32 Å². The number of amides is 1. The SMILES string of the molecule is O=C(Nc1cccc(O)c1)c1cncn1-c1ccccc1. The van der Waals surface area contributed by atoms with E-state index in [9.17, 15) is 9.90 Å². The second kappa shape index (κ2) is 5.50. The van der Waals surface area contributed by atoms with E-state index in [-0.39, 0.29) is 11.7 Å². The number of hydrogen-bond acceptors (Lipinski definition) is 3. The van der Waals surface area contributed by atoms with Crippen LogP contribution in [0.2, 0.25) is 0 Å². The first-order chi connectivity index (χ1) is 10.2. The fourth-order valence-corrected chi connectivity index (χ4v) is 2.04. The quantitative estimate of drug-likeness (QED) is 0.774. The largest absolute Gasteiger partial charge is 0.508 e. The predicted octanol–water partition coefficient (Wildman–Crippen LogP) is 2.83. The Hall–Kier alpha value is -3.08. The lowest BCUT2D eigenvalue weighted by Gasteiger charge is -2.09. The number of benzene rings is 2. The number of nitrogens with one attached hydrogen (secondary N) is 1. The summed E-state index contributed by atoms with van der Waals surface area (Å²) in [5, 5.41) is 12.2. The third-order valence-electron chi connectivity index (χ3n) is 3.01. The molecule has 0 spiro atoms. The summed E-state index contributed by atoms with van der Waals surface area (Å²) in [6, 6.07) is 15.9. The van der Waals surface area contributed by atoms with Gasteiger partial charge >= 0.3 is 0 Å². The van der Waals surface area contributed by atoms with Crippen molar-refractivity contribution in [3.8, 4) is 11.4 Å². The Labute approximate surface area is 121 Å². The summed E-state index contributed by atoms with van der Waals surface area (Å²) in [7, 11) is 0. The van der Waals surface area contributed by atoms with Gasteiger partial charge in [-0.3, -0.25) is 9.36 Å². The van der Waals surface area contributed by atoms with Crippen LogP contribution in [0.3, 0.4) is 0 Å². The van der Waals surface area contributed by atoms with E-state index in [1.165, 1.54) is 12.3 Å². The second-order valence-electron chi connectivity index (χ2n) is 4.49. The fraction of sp³-hybridized carbons (Fsp3) is 0. The van der Waals surface area contributed by atoms with E-state index in [1.54, 1.807) is 29.1 Å². The van der Waals surface area contributed by atoms with Crippen LogP contribution in [0.5, 0.6) is 5.75 Å². The summed E-state index contributed by atoms with van der Waals surface area (Å²) in [5.74, 6) is -0.189. The maximum Gasteiger partial charge on any atom is 0.274 e. The number of hydrogen-bond donors (Lipinski definition) is 2. The first-order valence-corrected chi connectivity index (χ1v) is 6.42. The Morgan fingerprint density at radius 3 is 2.67 bits per heavy atom. The topological polar surface area (TPSA) is 67.2 Å². The molecule has 1 heterocycles. The molecular weight excluding hydrogens is 266 g/mol. The van der Waals surface area contributed by atoms with E-state index in [2.05, 4.69) is 10.3 Å². The predicted molar refractivity (Wildman–Crippen MR) is 79.6 cm³/mol. The van der Waals surface area contributed by atoms with Crippen LogP contribution >= 0.6 is 0 Å². The summed E-state index contributed by atoms with van der Waals surface area (Å²) >= 11 is 0. The van der Waals surface area contributed by atoms with Gasteiger partial charge in [0.2, 0.25) is 0 Å². The maximum atomic E-state index is 12.3. The molecule has 0 aliphatic heterocycles. The molecule has 0 radical (unpaired) electrons. The molecule has 0 aliphatic rings. The van der Waals surface area contributed by atoms with Crippen LogP contribution in [0.1, 0.15) is 10.5 Å². The van der Waals surface area contributed by atoms with Gasteiger partial charge in [0.15, 0.2) is 0 Å². The van der Waals surface area contributed by atoms with Gasteiger partial charge < -0.3 is 10.4 Å². The zero-order chi connectivity index (χ0) is 14.7. The molecule has 5 heteroatoms. The van der Waals surface area contributed by atoms with Crippen LogP contribution in [-0.2, 0) is 0 Å². The van der Waals surface area contributed by atoms with Gasteiger partial charge in [0.1, 0.15) is 11.4 Å². The Balaban J connectivity index is 1.88. The smallest absolute Gasteiger partial charge is 0.274 e. The first kappa shape index (κ1) is 12.9. The normalized spacial score (nSPS) is 10.3. The molecule has 2 N–H and O–H groups in total. The molecule has 0 unspecified atom stereocenters. The molecule has 2 aromatic carbocycles. The second-order valence-corrected chi connectivity index (χ2v) is 4.49. The monoisotopic (exact) mass is 279 g/mol. The number of phenolic OH excluding ortho intramolecular Hbond substituents is 1. The molecule has 0 atom stereocenters. The van der Waals surface area contributed by atoms with E-state index >= 15 is 0 Å². The minimum Gasteiger partial charge on any atom is -0.508 e. The van der Waals surface area contributed by atoms with Crippen molar-refractivity contribution in [2.24, 2.45) is 0 Å². The average molecular weight is 279 g/mol. The lowest BCUT2D eigenvalue weighted by Crippen LogP contribution is -2.15. The number of aromatic nitrogens is 2. The van der Waals surface area contributed by atoms with E-state index in [1.807, 2.05) is 30.3 Å². The molecule has 0 aliphatic carbocycles. The Kier molecular flexibility index (Phi) is 3.39. The van der Waals surface area contributed by atoms with Crippen molar-refractivity contribution in [1.82, 2.24) is 9.55 Å². The van der Waals surface area contributed by atoms with Crippen LogP contribution in [-0.4, -0.2) is 20.6 Å². The van der Waals surface area contributed by atoms with E-state index in [0.29, 0.717) is 11.4 Å². The van der Waals surface area contributed by atoms with Crippen molar-refractivity contribution in [1.29, 1.82) is 0 Å². The molecule has 0 saturated carbocycles. The molecule has 1 amide bonds. The summed E-state index contributed by atoms with van der Waals surface area (Å²) in [6.45, 7) is 0. The van der Waals surface area contributed by atoms with Crippen molar-refractivity contribution >= 4 is 11.6 Å². The van der Waals surface area contributed by atoms with Crippen LogP contribution in [0.4, 0.5) is 5.69 Å². The molecule has 3 aromatic rings. The number of aromatic hydroxyl groups is 1. The van der Waals surface area contributed by atoms with E-state index in [0.717, 1.165) is 5.69 Å². The molecule has 0 saturated heterocycles. The summed E-state index contributed by atoms with van der Waals surface area (Å²) in [4.78, 5) is 16.4. The highest BCUT2D eigenvalue weighted by Crippen LogP contribution is 2.17. The Bertz CT molecular complexity index is 766. The van der Waals surface area contributed by atoms with Gasteiger partial charge in [-0.25, -0.2) is 4.98 Å². The van der Waals surface area contributed by atoms with Crippen molar-refractivity contribution in [3.05, 3.63) is 72.8 Å².